The van der Waals surface area contributed by atoms with Gasteiger partial charge in [0.15, 0.2) is 11.5 Å². The van der Waals surface area contributed by atoms with E-state index in [2.05, 4.69) is 21.2 Å². The molecule has 156 valence electrons. The van der Waals surface area contributed by atoms with Crippen molar-refractivity contribution < 1.29 is 18.7 Å². The van der Waals surface area contributed by atoms with E-state index in [4.69, 9.17) is 32.4 Å². The zero-order chi connectivity index (χ0) is 22.1. The van der Waals surface area contributed by atoms with Crippen molar-refractivity contribution in [3.63, 3.8) is 0 Å². The number of amides is 1. The second kappa shape index (κ2) is 8.75. The van der Waals surface area contributed by atoms with E-state index in [1.54, 1.807) is 48.5 Å². The summed E-state index contributed by atoms with van der Waals surface area (Å²) >= 11 is 15.7. The number of para-hydroxylation sites is 1. The van der Waals surface area contributed by atoms with Crippen LogP contribution in [0.4, 0.5) is 5.69 Å². The molecule has 0 saturated heterocycles. The number of hydrogen-bond donors (Lipinski definition) is 1. The van der Waals surface area contributed by atoms with Crippen molar-refractivity contribution in [3.05, 3.63) is 92.1 Å². The van der Waals surface area contributed by atoms with E-state index in [1.807, 2.05) is 0 Å². The van der Waals surface area contributed by atoms with Crippen LogP contribution in [0.1, 0.15) is 26.5 Å². The molecule has 0 atom stereocenters. The highest BCUT2D eigenvalue weighted by atomic mass is 79.9. The van der Waals surface area contributed by atoms with Gasteiger partial charge in [0.25, 0.3) is 5.91 Å². The van der Waals surface area contributed by atoms with Crippen LogP contribution in [0, 0.1) is 0 Å². The molecule has 0 bridgehead atoms. The van der Waals surface area contributed by atoms with Crippen molar-refractivity contribution in [2.24, 2.45) is 0 Å². The summed E-state index contributed by atoms with van der Waals surface area (Å²) in [6, 6.07) is 16.8. The zero-order valence-electron chi connectivity index (χ0n) is 16.0. The van der Waals surface area contributed by atoms with Crippen LogP contribution in [0.2, 0.25) is 10.0 Å². The SMILES string of the molecule is COc1c(Cl)cc(C(=O)Nc2c(C(=O)c3ccc(Br)cc3)oc3ccccc23)cc1Cl. The number of furan rings is 1. The number of anilines is 1. The maximum absolute atomic E-state index is 13.1. The van der Waals surface area contributed by atoms with Gasteiger partial charge in [-0.3, -0.25) is 9.59 Å². The van der Waals surface area contributed by atoms with Crippen LogP contribution in [0.3, 0.4) is 0 Å². The van der Waals surface area contributed by atoms with Crippen molar-refractivity contribution in [1.29, 1.82) is 0 Å². The second-order valence-corrected chi connectivity index (χ2v) is 8.30. The van der Waals surface area contributed by atoms with Crippen molar-refractivity contribution >= 4 is 67.5 Å². The maximum Gasteiger partial charge on any atom is 0.255 e. The third-order valence-corrected chi connectivity index (χ3v) is 5.70. The highest BCUT2D eigenvalue weighted by Crippen LogP contribution is 2.36. The molecule has 0 radical (unpaired) electrons. The molecule has 1 aromatic heterocycles. The van der Waals surface area contributed by atoms with Gasteiger partial charge < -0.3 is 14.5 Å². The van der Waals surface area contributed by atoms with Gasteiger partial charge >= 0.3 is 0 Å². The lowest BCUT2D eigenvalue weighted by molar-refractivity contribution is 0.101. The van der Waals surface area contributed by atoms with Gasteiger partial charge in [0.1, 0.15) is 5.58 Å². The number of carbonyl (C=O) groups is 2. The minimum absolute atomic E-state index is 0.0302. The van der Waals surface area contributed by atoms with E-state index in [1.165, 1.54) is 19.2 Å². The van der Waals surface area contributed by atoms with Crippen LogP contribution in [-0.2, 0) is 0 Å². The first kappa shape index (κ1) is 21.4. The third-order valence-electron chi connectivity index (χ3n) is 4.61. The van der Waals surface area contributed by atoms with Gasteiger partial charge in [0.05, 0.1) is 22.8 Å². The highest BCUT2D eigenvalue weighted by molar-refractivity contribution is 9.10. The number of rotatable bonds is 5. The lowest BCUT2D eigenvalue weighted by atomic mass is 10.1. The summed E-state index contributed by atoms with van der Waals surface area (Å²) in [7, 11) is 1.43. The molecular weight excluding hydrogens is 505 g/mol. The number of nitrogens with one attached hydrogen (secondary N) is 1. The molecule has 4 aromatic rings. The Balaban J connectivity index is 1.76. The van der Waals surface area contributed by atoms with Crippen molar-refractivity contribution in [1.82, 2.24) is 0 Å². The molecule has 0 saturated carbocycles. The van der Waals surface area contributed by atoms with E-state index in [0.717, 1.165) is 4.47 Å². The number of carbonyl (C=O) groups excluding carboxylic acids is 2. The molecular formula is C23H14BrCl2NO4. The minimum Gasteiger partial charge on any atom is -0.494 e. The van der Waals surface area contributed by atoms with Crippen molar-refractivity contribution in [3.8, 4) is 5.75 Å². The number of benzene rings is 3. The molecule has 1 heterocycles. The van der Waals surface area contributed by atoms with Gasteiger partial charge in [0.2, 0.25) is 5.78 Å². The lowest BCUT2D eigenvalue weighted by Gasteiger charge is -2.10. The first-order chi connectivity index (χ1) is 14.9. The quantitative estimate of drug-likeness (QED) is 0.289. The van der Waals surface area contributed by atoms with Crippen LogP contribution in [-0.4, -0.2) is 18.8 Å². The molecule has 0 fully saturated rings. The Kier molecular flexibility index (Phi) is 6.05. The zero-order valence-corrected chi connectivity index (χ0v) is 19.1. The minimum atomic E-state index is -0.497. The summed E-state index contributed by atoms with van der Waals surface area (Å²) in [5.41, 5.74) is 1.39. The Labute approximate surface area is 196 Å². The summed E-state index contributed by atoms with van der Waals surface area (Å²) in [5, 5.41) is 3.78. The van der Waals surface area contributed by atoms with Gasteiger partial charge in [-0.05, 0) is 48.5 Å². The monoisotopic (exact) mass is 517 g/mol. The summed E-state index contributed by atoms with van der Waals surface area (Å²) in [5.74, 6) is -0.546. The molecule has 0 aliphatic carbocycles. The standard InChI is InChI=1S/C23H14BrCl2NO4/c1-30-21-16(25)10-13(11-17(21)26)23(29)27-19-15-4-2-3-5-18(15)31-22(19)20(28)12-6-8-14(24)9-7-12/h2-11H,1H3,(H,27,29). The smallest absolute Gasteiger partial charge is 0.255 e. The molecule has 3 aromatic carbocycles. The summed E-state index contributed by atoms with van der Waals surface area (Å²) < 4.78 is 11.8. The van der Waals surface area contributed by atoms with Crippen LogP contribution in [0.25, 0.3) is 11.0 Å². The Morgan fingerprint density at radius 1 is 0.968 bits per heavy atom. The third kappa shape index (κ3) is 4.19. The number of fused-ring (bicyclic) bond motifs is 1. The Morgan fingerprint density at radius 2 is 1.61 bits per heavy atom. The fourth-order valence-corrected chi connectivity index (χ4v) is 4.04. The van der Waals surface area contributed by atoms with Gasteiger partial charge in [-0.1, -0.05) is 51.3 Å². The van der Waals surface area contributed by atoms with Gasteiger partial charge in [-0.25, -0.2) is 0 Å². The molecule has 5 nitrogen and oxygen atoms in total. The summed E-state index contributed by atoms with van der Waals surface area (Å²) in [6.07, 6.45) is 0. The molecule has 1 N–H and O–H groups in total. The lowest BCUT2D eigenvalue weighted by Crippen LogP contribution is -2.14. The largest absolute Gasteiger partial charge is 0.494 e. The molecule has 0 aliphatic heterocycles. The predicted octanol–water partition coefficient (Wildman–Crippen LogP) is 6.99. The van der Waals surface area contributed by atoms with Crippen molar-refractivity contribution in [2.45, 2.75) is 0 Å². The van der Waals surface area contributed by atoms with E-state index in [0.29, 0.717) is 16.5 Å². The average molecular weight is 519 g/mol. The molecule has 1 amide bonds. The Hall–Kier alpha value is -2.80. The fraction of sp³-hybridized carbons (Fsp3) is 0.0435. The summed E-state index contributed by atoms with van der Waals surface area (Å²) in [4.78, 5) is 26.1. The van der Waals surface area contributed by atoms with E-state index < -0.39 is 5.91 Å². The van der Waals surface area contributed by atoms with Crippen molar-refractivity contribution in [2.75, 3.05) is 12.4 Å². The van der Waals surface area contributed by atoms with Gasteiger partial charge in [-0.2, -0.15) is 0 Å². The molecule has 0 aliphatic rings. The summed E-state index contributed by atoms with van der Waals surface area (Å²) in [6.45, 7) is 0. The molecule has 0 spiro atoms. The molecule has 8 heteroatoms. The normalized spacial score (nSPS) is 10.8. The van der Waals surface area contributed by atoms with Crippen LogP contribution in [0.5, 0.6) is 5.75 Å². The topological polar surface area (TPSA) is 68.5 Å². The fourth-order valence-electron chi connectivity index (χ4n) is 3.13. The Bertz CT molecular complexity index is 1290. The van der Waals surface area contributed by atoms with Gasteiger partial charge in [0, 0.05) is 21.0 Å². The first-order valence-electron chi connectivity index (χ1n) is 9.05. The second-order valence-electron chi connectivity index (χ2n) is 6.57. The van der Waals surface area contributed by atoms with Crippen LogP contribution in [0.15, 0.2) is 69.6 Å². The number of methoxy groups -OCH3 is 1. The molecule has 4 rings (SSSR count). The maximum atomic E-state index is 13.1. The highest BCUT2D eigenvalue weighted by Gasteiger charge is 2.24. The number of ketones is 1. The molecule has 31 heavy (non-hydrogen) atoms. The van der Waals surface area contributed by atoms with Crippen LogP contribution < -0.4 is 10.1 Å². The Morgan fingerprint density at radius 3 is 2.26 bits per heavy atom. The first-order valence-corrected chi connectivity index (χ1v) is 10.6. The van der Waals surface area contributed by atoms with E-state index >= 15 is 0 Å². The number of halogens is 3. The number of ether oxygens (including phenoxy) is 1. The van der Waals surface area contributed by atoms with Crippen LogP contribution >= 0.6 is 39.1 Å². The average Bonchev–Trinajstić information content (AvgIpc) is 3.12. The van der Waals surface area contributed by atoms with E-state index in [9.17, 15) is 9.59 Å². The predicted molar refractivity (Wildman–Crippen MR) is 125 cm³/mol. The van der Waals surface area contributed by atoms with E-state index in [-0.39, 0.29) is 38.6 Å². The molecule has 0 unspecified atom stereocenters. The number of hydrogen-bond acceptors (Lipinski definition) is 4. The van der Waals surface area contributed by atoms with Gasteiger partial charge in [-0.15, -0.1) is 0 Å².